The van der Waals surface area contributed by atoms with Crippen LogP contribution in [0, 0.1) is 5.82 Å². The number of benzene rings is 2. The lowest BCUT2D eigenvalue weighted by molar-refractivity contribution is -0.118. The molecule has 0 saturated carbocycles. The minimum absolute atomic E-state index is 0.00198. The minimum atomic E-state index is -0.266. The van der Waals surface area contributed by atoms with Gasteiger partial charge in [-0.05, 0) is 42.5 Å². The predicted molar refractivity (Wildman–Crippen MR) is 125 cm³/mol. The van der Waals surface area contributed by atoms with Gasteiger partial charge in [0.15, 0.2) is 5.13 Å². The van der Waals surface area contributed by atoms with E-state index in [0.717, 1.165) is 58.7 Å². The second-order valence-corrected chi connectivity index (χ2v) is 9.31. The quantitative estimate of drug-likeness (QED) is 0.520. The number of nitrogens with zero attached hydrogens (tertiary/aromatic N) is 3. The Labute approximate surface area is 189 Å². The third-order valence-electron chi connectivity index (χ3n) is 5.16. The number of aromatic nitrogens is 1. The lowest BCUT2D eigenvalue weighted by atomic mass is 10.3. The number of carbonyl (C=O) groups excluding carboxylic acids is 1. The molecule has 1 aromatic heterocycles. The monoisotopic (exact) mass is 460 g/mol. The Morgan fingerprint density at radius 2 is 1.97 bits per heavy atom. The molecule has 2 aromatic carbocycles. The van der Waals surface area contributed by atoms with E-state index in [1.54, 1.807) is 30.6 Å². The molecule has 0 unspecified atom stereocenters. The largest absolute Gasteiger partial charge is 0.497 e. The van der Waals surface area contributed by atoms with E-state index < -0.39 is 0 Å². The van der Waals surface area contributed by atoms with E-state index in [4.69, 9.17) is 9.72 Å². The molecule has 1 aliphatic heterocycles. The number of methoxy groups -OCH3 is 1. The fourth-order valence-corrected chi connectivity index (χ4v) is 5.18. The van der Waals surface area contributed by atoms with Crippen LogP contribution in [0.25, 0.3) is 10.2 Å². The fourth-order valence-electron chi connectivity index (χ4n) is 3.40. The summed E-state index contributed by atoms with van der Waals surface area (Å²) in [6.07, 6.45) is 0. The van der Waals surface area contributed by atoms with Crippen LogP contribution in [-0.4, -0.2) is 67.9 Å². The maximum Gasteiger partial charge on any atom is 0.230 e. The second kappa shape index (κ2) is 10.3. The third kappa shape index (κ3) is 5.87. The highest BCUT2D eigenvalue weighted by Crippen LogP contribution is 2.31. The molecule has 1 fully saturated rings. The average Bonchev–Trinajstić information content (AvgIpc) is 3.22. The standard InChI is InChI=1S/C22H25FN4O2S2/c1-29-17-4-7-19-20(14-17)31-22(25-19)27-12-10-26(11-13-27)9-8-24-21(28)15-30-18-5-2-16(23)3-6-18/h2-7,14H,8-13,15H2,1H3,(H,24,28). The van der Waals surface area contributed by atoms with Crippen LogP contribution in [0.1, 0.15) is 0 Å². The van der Waals surface area contributed by atoms with E-state index in [1.807, 2.05) is 18.2 Å². The number of thioether (sulfide) groups is 1. The lowest BCUT2D eigenvalue weighted by Gasteiger charge is -2.34. The first kappa shape index (κ1) is 21.9. The van der Waals surface area contributed by atoms with Crippen LogP contribution in [-0.2, 0) is 4.79 Å². The number of amides is 1. The number of fused-ring (bicyclic) bond motifs is 1. The highest BCUT2D eigenvalue weighted by Gasteiger charge is 2.20. The van der Waals surface area contributed by atoms with Gasteiger partial charge < -0.3 is 15.0 Å². The Balaban J connectivity index is 1.17. The molecule has 2 heterocycles. The molecule has 0 bridgehead atoms. The van der Waals surface area contributed by atoms with Gasteiger partial charge in [0.1, 0.15) is 11.6 Å². The number of piperazine rings is 1. The van der Waals surface area contributed by atoms with Gasteiger partial charge in [-0.3, -0.25) is 9.69 Å². The summed E-state index contributed by atoms with van der Waals surface area (Å²) in [6.45, 7) is 5.19. The molecule has 1 saturated heterocycles. The number of hydrogen-bond donors (Lipinski definition) is 1. The SMILES string of the molecule is COc1ccc2nc(N3CCN(CCNC(=O)CSc4ccc(F)cc4)CC3)sc2c1. The summed E-state index contributed by atoms with van der Waals surface area (Å²) < 4.78 is 19.4. The first-order valence-electron chi connectivity index (χ1n) is 10.2. The molecule has 0 spiro atoms. The number of halogens is 1. The van der Waals surface area contributed by atoms with Crippen molar-refractivity contribution in [3.8, 4) is 5.75 Å². The summed E-state index contributed by atoms with van der Waals surface area (Å²) in [7, 11) is 1.68. The van der Waals surface area contributed by atoms with E-state index in [0.29, 0.717) is 12.3 Å². The van der Waals surface area contributed by atoms with Crippen LogP contribution in [0.15, 0.2) is 47.4 Å². The topological polar surface area (TPSA) is 57.7 Å². The van der Waals surface area contributed by atoms with E-state index in [1.165, 1.54) is 23.9 Å². The Kier molecular flexibility index (Phi) is 7.26. The molecule has 0 aliphatic carbocycles. The number of rotatable bonds is 8. The van der Waals surface area contributed by atoms with Crippen molar-refractivity contribution in [3.05, 3.63) is 48.3 Å². The summed E-state index contributed by atoms with van der Waals surface area (Å²) in [5, 5.41) is 4.02. The first-order chi connectivity index (χ1) is 15.1. The lowest BCUT2D eigenvalue weighted by Crippen LogP contribution is -2.48. The maximum absolute atomic E-state index is 12.9. The molecule has 3 aromatic rings. The van der Waals surface area contributed by atoms with Gasteiger partial charge in [-0.25, -0.2) is 9.37 Å². The van der Waals surface area contributed by atoms with Gasteiger partial charge in [0, 0.05) is 44.2 Å². The molecule has 164 valence electrons. The number of anilines is 1. The minimum Gasteiger partial charge on any atom is -0.497 e. The third-order valence-corrected chi connectivity index (χ3v) is 7.25. The molecule has 31 heavy (non-hydrogen) atoms. The van der Waals surface area contributed by atoms with Gasteiger partial charge in [0.2, 0.25) is 5.91 Å². The Morgan fingerprint density at radius 1 is 1.19 bits per heavy atom. The molecule has 9 heteroatoms. The number of nitrogens with one attached hydrogen (secondary N) is 1. The molecule has 0 atom stereocenters. The Morgan fingerprint density at radius 3 is 2.71 bits per heavy atom. The van der Waals surface area contributed by atoms with Crippen molar-refractivity contribution in [3.63, 3.8) is 0 Å². The molecule has 6 nitrogen and oxygen atoms in total. The Hall–Kier alpha value is -2.36. The summed E-state index contributed by atoms with van der Waals surface area (Å²) in [6, 6.07) is 12.2. The number of carbonyl (C=O) groups is 1. The predicted octanol–water partition coefficient (Wildman–Crippen LogP) is 3.47. The molecule has 1 aliphatic rings. The molecule has 1 N–H and O–H groups in total. The summed E-state index contributed by atoms with van der Waals surface area (Å²) in [4.78, 5) is 22.4. The zero-order valence-corrected chi connectivity index (χ0v) is 19.0. The second-order valence-electron chi connectivity index (χ2n) is 7.25. The zero-order chi connectivity index (χ0) is 21.6. The van der Waals surface area contributed by atoms with Crippen molar-refractivity contribution < 1.29 is 13.9 Å². The number of thiazole rings is 1. The van der Waals surface area contributed by atoms with Crippen LogP contribution >= 0.6 is 23.1 Å². The van der Waals surface area contributed by atoms with Crippen molar-refractivity contribution in [1.29, 1.82) is 0 Å². The summed E-state index contributed by atoms with van der Waals surface area (Å²) in [5.41, 5.74) is 1.00. The maximum atomic E-state index is 12.9. The smallest absolute Gasteiger partial charge is 0.230 e. The van der Waals surface area contributed by atoms with Crippen LogP contribution in [0.5, 0.6) is 5.75 Å². The highest BCUT2D eigenvalue weighted by molar-refractivity contribution is 8.00. The molecule has 1 amide bonds. The van der Waals surface area contributed by atoms with E-state index >= 15 is 0 Å². The van der Waals surface area contributed by atoms with Crippen molar-refractivity contribution in [2.45, 2.75) is 4.90 Å². The average molecular weight is 461 g/mol. The van der Waals surface area contributed by atoms with Crippen molar-refractivity contribution in [2.75, 3.05) is 57.0 Å². The van der Waals surface area contributed by atoms with Gasteiger partial charge in [0.25, 0.3) is 0 Å². The normalized spacial score (nSPS) is 14.7. The van der Waals surface area contributed by atoms with Crippen molar-refractivity contribution in [2.24, 2.45) is 0 Å². The number of hydrogen-bond acceptors (Lipinski definition) is 7. The highest BCUT2D eigenvalue weighted by atomic mass is 32.2. The van der Waals surface area contributed by atoms with Crippen LogP contribution < -0.4 is 15.0 Å². The van der Waals surface area contributed by atoms with Crippen LogP contribution in [0.4, 0.5) is 9.52 Å². The van der Waals surface area contributed by atoms with Gasteiger partial charge >= 0.3 is 0 Å². The van der Waals surface area contributed by atoms with E-state index in [2.05, 4.69) is 15.1 Å². The zero-order valence-electron chi connectivity index (χ0n) is 17.3. The van der Waals surface area contributed by atoms with E-state index in [9.17, 15) is 9.18 Å². The fraction of sp³-hybridized carbons (Fsp3) is 0.364. The van der Waals surface area contributed by atoms with Gasteiger partial charge in [-0.15, -0.1) is 11.8 Å². The summed E-state index contributed by atoms with van der Waals surface area (Å²) >= 11 is 3.11. The van der Waals surface area contributed by atoms with E-state index in [-0.39, 0.29) is 11.7 Å². The molecule has 4 rings (SSSR count). The van der Waals surface area contributed by atoms with Crippen LogP contribution in [0.2, 0.25) is 0 Å². The number of ether oxygens (including phenoxy) is 1. The van der Waals surface area contributed by atoms with Gasteiger partial charge in [-0.1, -0.05) is 11.3 Å². The molecular formula is C22H25FN4O2S2. The first-order valence-corrected chi connectivity index (χ1v) is 12.0. The van der Waals surface area contributed by atoms with Crippen LogP contribution in [0.3, 0.4) is 0 Å². The van der Waals surface area contributed by atoms with Gasteiger partial charge in [0.05, 0.1) is 23.1 Å². The van der Waals surface area contributed by atoms with Gasteiger partial charge in [-0.2, -0.15) is 0 Å². The Bertz CT molecular complexity index is 1020. The van der Waals surface area contributed by atoms with Crippen molar-refractivity contribution in [1.82, 2.24) is 15.2 Å². The van der Waals surface area contributed by atoms with Crippen molar-refractivity contribution >= 4 is 44.4 Å². The molecule has 0 radical (unpaired) electrons. The summed E-state index contributed by atoms with van der Waals surface area (Å²) in [5.74, 6) is 0.919. The molecular weight excluding hydrogens is 435 g/mol.